The average Bonchev–Trinajstić information content (AvgIpc) is 3.02. The second kappa shape index (κ2) is 7.82. The summed E-state index contributed by atoms with van der Waals surface area (Å²) >= 11 is 0. The average molecular weight is 352 g/mol. The number of anilines is 1. The molecule has 0 aliphatic carbocycles. The molecule has 3 rings (SSSR count). The van der Waals surface area contributed by atoms with E-state index in [1.165, 1.54) is 0 Å². The summed E-state index contributed by atoms with van der Waals surface area (Å²) < 4.78 is 5.22. The Balaban J connectivity index is 1.65. The monoisotopic (exact) mass is 352 g/mol. The van der Waals surface area contributed by atoms with E-state index in [9.17, 15) is 14.4 Å². The van der Waals surface area contributed by atoms with E-state index in [0.29, 0.717) is 5.69 Å². The van der Waals surface area contributed by atoms with Crippen LogP contribution in [0.15, 0.2) is 54.6 Å². The standard InChI is InChI=1S/C20H20N2O4/c1-14-6-5-9-16(12-14)21-19(24)17-10-11-18(23)22(17)20(25)26-13-15-7-3-2-4-8-15/h2-9,12,17H,10-11,13H2,1H3,(H,21,24)/t17-/m1/s1. The van der Waals surface area contributed by atoms with Gasteiger partial charge in [0.15, 0.2) is 0 Å². The molecule has 1 N–H and O–H groups in total. The first-order valence-corrected chi connectivity index (χ1v) is 8.45. The lowest BCUT2D eigenvalue weighted by Gasteiger charge is -2.21. The van der Waals surface area contributed by atoms with E-state index in [0.717, 1.165) is 16.0 Å². The molecule has 1 atom stereocenters. The predicted octanol–water partition coefficient (Wildman–Crippen LogP) is 3.26. The third kappa shape index (κ3) is 4.08. The highest BCUT2D eigenvalue weighted by Gasteiger charge is 2.41. The summed E-state index contributed by atoms with van der Waals surface area (Å²) in [6, 6.07) is 15.7. The lowest BCUT2D eigenvalue weighted by molar-refractivity contribution is -0.131. The van der Waals surface area contributed by atoms with E-state index in [2.05, 4.69) is 5.32 Å². The molecular weight excluding hydrogens is 332 g/mol. The molecule has 1 aliphatic rings. The minimum absolute atomic E-state index is 0.0513. The number of nitrogens with zero attached hydrogens (tertiary/aromatic N) is 1. The number of aryl methyl sites for hydroxylation is 1. The maximum atomic E-state index is 12.5. The third-order valence-corrected chi connectivity index (χ3v) is 4.20. The molecule has 2 aromatic rings. The molecule has 0 radical (unpaired) electrons. The van der Waals surface area contributed by atoms with Crippen molar-refractivity contribution in [2.24, 2.45) is 0 Å². The lowest BCUT2D eigenvalue weighted by atomic mass is 10.2. The largest absolute Gasteiger partial charge is 0.444 e. The maximum absolute atomic E-state index is 12.5. The number of nitrogens with one attached hydrogen (secondary N) is 1. The fraction of sp³-hybridized carbons (Fsp3) is 0.250. The Labute approximate surface area is 151 Å². The SMILES string of the molecule is Cc1cccc(NC(=O)[C@H]2CCC(=O)N2C(=O)OCc2ccccc2)c1. The van der Waals surface area contributed by atoms with Crippen molar-refractivity contribution in [1.29, 1.82) is 0 Å². The second-order valence-electron chi connectivity index (χ2n) is 6.22. The van der Waals surface area contributed by atoms with E-state index >= 15 is 0 Å². The molecule has 2 aromatic carbocycles. The Bertz CT molecular complexity index is 820. The van der Waals surface area contributed by atoms with Crippen LogP contribution in [-0.2, 0) is 20.9 Å². The van der Waals surface area contributed by atoms with E-state index < -0.39 is 23.9 Å². The molecule has 6 heteroatoms. The number of hydrogen-bond acceptors (Lipinski definition) is 4. The molecule has 1 fully saturated rings. The number of likely N-dealkylation sites (tertiary alicyclic amines) is 1. The molecule has 0 unspecified atom stereocenters. The Kier molecular flexibility index (Phi) is 5.31. The van der Waals surface area contributed by atoms with Crippen molar-refractivity contribution in [1.82, 2.24) is 4.90 Å². The van der Waals surface area contributed by atoms with Crippen LogP contribution in [0, 0.1) is 6.92 Å². The van der Waals surface area contributed by atoms with Gasteiger partial charge in [0.05, 0.1) is 0 Å². The quantitative estimate of drug-likeness (QED) is 0.916. The van der Waals surface area contributed by atoms with Crippen LogP contribution < -0.4 is 5.32 Å². The lowest BCUT2D eigenvalue weighted by Crippen LogP contribution is -2.45. The summed E-state index contributed by atoms with van der Waals surface area (Å²) in [6.07, 6.45) is -0.357. The van der Waals surface area contributed by atoms with Gasteiger partial charge in [0.2, 0.25) is 11.8 Å². The highest BCUT2D eigenvalue weighted by molar-refractivity contribution is 6.04. The van der Waals surface area contributed by atoms with Crippen LogP contribution >= 0.6 is 0 Å². The number of hydrogen-bond donors (Lipinski definition) is 1. The highest BCUT2D eigenvalue weighted by Crippen LogP contribution is 2.22. The summed E-state index contributed by atoms with van der Waals surface area (Å²) in [5.41, 5.74) is 2.45. The molecule has 0 bridgehead atoms. The van der Waals surface area contributed by atoms with E-state index in [-0.39, 0.29) is 19.4 Å². The molecule has 6 nitrogen and oxygen atoms in total. The molecular formula is C20H20N2O4. The third-order valence-electron chi connectivity index (χ3n) is 4.20. The first kappa shape index (κ1) is 17.7. The number of ether oxygens (including phenoxy) is 1. The smallest absolute Gasteiger partial charge is 0.417 e. The van der Waals surface area contributed by atoms with Gasteiger partial charge in [-0.3, -0.25) is 9.59 Å². The van der Waals surface area contributed by atoms with Crippen LogP contribution in [0.5, 0.6) is 0 Å². The van der Waals surface area contributed by atoms with Gasteiger partial charge in [0.1, 0.15) is 12.6 Å². The molecule has 1 saturated heterocycles. The summed E-state index contributed by atoms with van der Waals surface area (Å²) in [4.78, 5) is 37.9. The van der Waals surface area contributed by atoms with Crippen molar-refractivity contribution in [2.75, 3.05) is 5.32 Å². The van der Waals surface area contributed by atoms with Gasteiger partial charge in [-0.15, -0.1) is 0 Å². The van der Waals surface area contributed by atoms with Crippen LogP contribution in [0.3, 0.4) is 0 Å². The predicted molar refractivity (Wildman–Crippen MR) is 96.3 cm³/mol. The van der Waals surface area contributed by atoms with Gasteiger partial charge in [-0.2, -0.15) is 0 Å². The molecule has 1 aliphatic heterocycles. The molecule has 134 valence electrons. The zero-order chi connectivity index (χ0) is 18.5. The van der Waals surface area contributed by atoms with Crippen LogP contribution in [0.4, 0.5) is 10.5 Å². The zero-order valence-corrected chi connectivity index (χ0v) is 14.5. The minimum Gasteiger partial charge on any atom is -0.444 e. The van der Waals surface area contributed by atoms with E-state index in [4.69, 9.17) is 4.74 Å². The Morgan fingerprint density at radius 1 is 1.15 bits per heavy atom. The summed E-state index contributed by atoms with van der Waals surface area (Å²) in [6.45, 7) is 1.97. The van der Waals surface area contributed by atoms with E-state index in [1.807, 2.05) is 55.5 Å². The van der Waals surface area contributed by atoms with Gasteiger partial charge < -0.3 is 10.1 Å². The number of rotatable bonds is 4. The van der Waals surface area contributed by atoms with Crippen molar-refractivity contribution in [3.05, 3.63) is 65.7 Å². The van der Waals surface area contributed by atoms with Crippen LogP contribution in [0.25, 0.3) is 0 Å². The molecule has 0 saturated carbocycles. The normalized spacial score (nSPS) is 16.4. The van der Waals surface area contributed by atoms with Gasteiger partial charge in [-0.25, -0.2) is 9.69 Å². The molecule has 0 spiro atoms. The maximum Gasteiger partial charge on any atom is 0.417 e. The van der Waals surface area contributed by atoms with Gasteiger partial charge >= 0.3 is 6.09 Å². The van der Waals surface area contributed by atoms with Crippen molar-refractivity contribution < 1.29 is 19.1 Å². The second-order valence-corrected chi connectivity index (χ2v) is 6.22. The van der Waals surface area contributed by atoms with Crippen molar-refractivity contribution in [2.45, 2.75) is 32.4 Å². The van der Waals surface area contributed by atoms with Gasteiger partial charge in [0.25, 0.3) is 0 Å². The van der Waals surface area contributed by atoms with Crippen LogP contribution in [-0.4, -0.2) is 28.8 Å². The number of carbonyl (C=O) groups is 3. The molecule has 26 heavy (non-hydrogen) atoms. The Morgan fingerprint density at radius 3 is 2.65 bits per heavy atom. The number of imide groups is 1. The van der Waals surface area contributed by atoms with Gasteiger partial charge in [-0.05, 0) is 36.6 Å². The fourth-order valence-corrected chi connectivity index (χ4v) is 2.90. The number of benzene rings is 2. The van der Waals surface area contributed by atoms with Crippen molar-refractivity contribution in [3.8, 4) is 0 Å². The topological polar surface area (TPSA) is 75.7 Å². The Morgan fingerprint density at radius 2 is 1.92 bits per heavy atom. The highest BCUT2D eigenvalue weighted by atomic mass is 16.6. The first-order chi connectivity index (χ1) is 12.5. The van der Waals surface area contributed by atoms with Crippen LogP contribution in [0.2, 0.25) is 0 Å². The molecule has 3 amide bonds. The fourth-order valence-electron chi connectivity index (χ4n) is 2.90. The summed E-state index contributed by atoms with van der Waals surface area (Å²) in [7, 11) is 0. The van der Waals surface area contributed by atoms with Crippen molar-refractivity contribution >= 4 is 23.6 Å². The summed E-state index contributed by atoms with van der Waals surface area (Å²) in [5.74, 6) is -0.787. The van der Waals surface area contributed by atoms with Gasteiger partial charge in [-0.1, -0.05) is 42.5 Å². The molecule has 1 heterocycles. The Hall–Kier alpha value is -3.15. The van der Waals surface area contributed by atoms with Crippen LogP contribution in [0.1, 0.15) is 24.0 Å². The van der Waals surface area contributed by atoms with Crippen molar-refractivity contribution in [3.63, 3.8) is 0 Å². The molecule has 0 aromatic heterocycles. The first-order valence-electron chi connectivity index (χ1n) is 8.45. The minimum atomic E-state index is -0.855. The van der Waals surface area contributed by atoms with Gasteiger partial charge in [0, 0.05) is 12.1 Å². The van der Waals surface area contributed by atoms with E-state index in [1.54, 1.807) is 6.07 Å². The zero-order valence-electron chi connectivity index (χ0n) is 14.5. The summed E-state index contributed by atoms with van der Waals surface area (Å²) in [5, 5.41) is 2.76. The number of carbonyl (C=O) groups excluding carboxylic acids is 3. The number of amides is 3.